The normalized spacial score (nSPS) is 15.5. The number of nitrogens with one attached hydrogen (secondary N) is 2. The molecule has 1 unspecified atom stereocenters. The number of benzene rings is 2. The van der Waals surface area contributed by atoms with Crippen LogP contribution in [-0.4, -0.2) is 20.2 Å². The Hall–Kier alpha value is -3.47. The standard InChI is InChI=1S/C26H24N4O3S3/c1-18-9-14-25(35-18)23-16-22(24-8-5-15-34-24)28-30(23)20-10-12-21(13-11-20)36(32,33)29-26(31)27-17-19-6-3-2-4-7-19/h2-15,23H,16-17H2,1H3,(H2,27,29,31). The van der Waals surface area contributed by atoms with Gasteiger partial charge in [-0.05, 0) is 60.3 Å². The van der Waals surface area contributed by atoms with Gasteiger partial charge in [0.1, 0.15) is 0 Å². The smallest absolute Gasteiger partial charge is 0.328 e. The summed E-state index contributed by atoms with van der Waals surface area (Å²) in [5.74, 6) is 0. The third kappa shape index (κ3) is 5.35. The highest BCUT2D eigenvalue weighted by molar-refractivity contribution is 7.90. The molecule has 0 radical (unpaired) electrons. The fraction of sp³-hybridized carbons (Fsp3) is 0.154. The number of rotatable bonds is 7. The van der Waals surface area contributed by atoms with Crippen molar-refractivity contribution in [1.29, 1.82) is 0 Å². The van der Waals surface area contributed by atoms with Gasteiger partial charge < -0.3 is 5.32 Å². The quantitative estimate of drug-likeness (QED) is 0.319. The summed E-state index contributed by atoms with van der Waals surface area (Å²) in [6.45, 7) is 2.31. The number of anilines is 1. The van der Waals surface area contributed by atoms with E-state index >= 15 is 0 Å². The SMILES string of the molecule is Cc1ccc(C2CC(c3cccs3)=NN2c2ccc(S(=O)(=O)NC(=O)NCc3ccccc3)cc2)s1. The summed E-state index contributed by atoms with van der Waals surface area (Å²) in [4.78, 5) is 15.8. The van der Waals surface area contributed by atoms with Crippen molar-refractivity contribution >= 4 is 50.1 Å². The zero-order valence-corrected chi connectivity index (χ0v) is 21.9. The Balaban J connectivity index is 1.33. The number of aryl methyl sites for hydroxylation is 1. The minimum absolute atomic E-state index is 0.00582. The van der Waals surface area contributed by atoms with Gasteiger partial charge in [-0.25, -0.2) is 17.9 Å². The predicted octanol–water partition coefficient (Wildman–Crippen LogP) is 5.66. The Kier molecular flexibility index (Phi) is 6.90. The summed E-state index contributed by atoms with van der Waals surface area (Å²) < 4.78 is 27.6. The van der Waals surface area contributed by atoms with Crippen LogP contribution in [0.1, 0.15) is 32.7 Å². The van der Waals surface area contributed by atoms with Gasteiger partial charge in [-0.1, -0.05) is 36.4 Å². The molecule has 2 amide bonds. The predicted molar refractivity (Wildman–Crippen MR) is 145 cm³/mol. The van der Waals surface area contributed by atoms with Crippen LogP contribution in [0, 0.1) is 6.92 Å². The van der Waals surface area contributed by atoms with Crippen molar-refractivity contribution in [2.75, 3.05) is 5.01 Å². The Bertz CT molecular complexity index is 1480. The molecule has 4 aromatic rings. The number of hydrazone groups is 1. The number of hydrogen-bond acceptors (Lipinski definition) is 7. The van der Waals surface area contributed by atoms with Gasteiger partial charge in [0, 0.05) is 22.7 Å². The number of carbonyl (C=O) groups excluding carboxylic acids is 1. The molecule has 184 valence electrons. The fourth-order valence-electron chi connectivity index (χ4n) is 3.97. The van der Waals surface area contributed by atoms with E-state index in [2.05, 4.69) is 35.2 Å². The Morgan fingerprint density at radius 2 is 1.81 bits per heavy atom. The molecule has 2 N–H and O–H groups in total. The average Bonchev–Trinajstić information content (AvgIpc) is 3.64. The summed E-state index contributed by atoms with van der Waals surface area (Å²) in [7, 11) is -4.03. The van der Waals surface area contributed by atoms with E-state index in [1.807, 2.05) is 46.8 Å². The molecule has 10 heteroatoms. The zero-order chi connectivity index (χ0) is 25.1. The highest BCUT2D eigenvalue weighted by Gasteiger charge is 2.31. The number of thiophene rings is 2. The lowest BCUT2D eigenvalue weighted by Crippen LogP contribution is -2.39. The molecule has 0 fully saturated rings. The van der Waals surface area contributed by atoms with E-state index in [-0.39, 0.29) is 17.5 Å². The van der Waals surface area contributed by atoms with Crippen LogP contribution in [0.3, 0.4) is 0 Å². The van der Waals surface area contributed by atoms with Crippen LogP contribution in [0.15, 0.2) is 94.2 Å². The van der Waals surface area contributed by atoms with Crippen molar-refractivity contribution in [2.45, 2.75) is 30.8 Å². The first-order valence-corrected chi connectivity index (χ1v) is 14.5. The van der Waals surface area contributed by atoms with E-state index in [1.165, 1.54) is 21.9 Å². The van der Waals surface area contributed by atoms with Gasteiger partial charge >= 0.3 is 6.03 Å². The maximum Gasteiger partial charge on any atom is 0.328 e. The van der Waals surface area contributed by atoms with E-state index in [4.69, 9.17) is 5.10 Å². The number of hydrogen-bond donors (Lipinski definition) is 2. The third-order valence-corrected chi connectivity index (χ3v) is 9.11. The van der Waals surface area contributed by atoms with Crippen molar-refractivity contribution in [2.24, 2.45) is 5.10 Å². The van der Waals surface area contributed by atoms with Crippen molar-refractivity contribution in [3.63, 3.8) is 0 Å². The largest absolute Gasteiger partial charge is 0.333 e. The average molecular weight is 537 g/mol. The van der Waals surface area contributed by atoms with Crippen LogP contribution in [0.25, 0.3) is 0 Å². The van der Waals surface area contributed by atoms with Gasteiger partial charge in [-0.3, -0.25) is 5.01 Å². The summed E-state index contributed by atoms with van der Waals surface area (Å²) >= 11 is 3.39. The van der Waals surface area contributed by atoms with Crippen LogP contribution >= 0.6 is 22.7 Å². The summed E-state index contributed by atoms with van der Waals surface area (Å²) in [6, 6.07) is 23.3. The minimum atomic E-state index is -4.03. The van der Waals surface area contributed by atoms with Crippen molar-refractivity contribution in [3.05, 3.63) is 104 Å². The van der Waals surface area contributed by atoms with E-state index in [0.717, 1.165) is 28.3 Å². The Morgan fingerprint density at radius 3 is 2.47 bits per heavy atom. The van der Waals surface area contributed by atoms with Crippen LogP contribution < -0.4 is 15.0 Å². The van der Waals surface area contributed by atoms with Crippen LogP contribution in [0.5, 0.6) is 0 Å². The first-order chi connectivity index (χ1) is 17.4. The monoisotopic (exact) mass is 536 g/mol. The topological polar surface area (TPSA) is 90.9 Å². The number of nitrogens with zero attached hydrogens (tertiary/aromatic N) is 2. The Labute approximate surface area is 218 Å². The Morgan fingerprint density at radius 1 is 1.03 bits per heavy atom. The highest BCUT2D eigenvalue weighted by Crippen LogP contribution is 2.40. The molecule has 0 bridgehead atoms. The van der Waals surface area contributed by atoms with E-state index in [9.17, 15) is 13.2 Å². The van der Waals surface area contributed by atoms with Crippen molar-refractivity contribution < 1.29 is 13.2 Å². The van der Waals surface area contributed by atoms with Crippen LogP contribution in [0.2, 0.25) is 0 Å². The molecule has 0 aliphatic carbocycles. The number of urea groups is 1. The molecule has 36 heavy (non-hydrogen) atoms. The van der Waals surface area contributed by atoms with Gasteiger partial charge in [-0.15, -0.1) is 22.7 Å². The molecular formula is C26H24N4O3S3. The van der Waals surface area contributed by atoms with E-state index in [0.29, 0.717) is 0 Å². The second-order valence-corrected chi connectivity index (χ2v) is 12.3. The lowest BCUT2D eigenvalue weighted by molar-refractivity contribution is 0.245. The first-order valence-electron chi connectivity index (χ1n) is 11.3. The molecule has 0 spiro atoms. The second-order valence-electron chi connectivity index (χ2n) is 8.30. The van der Waals surface area contributed by atoms with Crippen molar-refractivity contribution in [1.82, 2.24) is 10.0 Å². The molecule has 1 aliphatic heterocycles. The van der Waals surface area contributed by atoms with E-state index in [1.54, 1.807) is 34.8 Å². The van der Waals surface area contributed by atoms with Gasteiger partial charge in [0.2, 0.25) is 0 Å². The molecule has 2 aromatic carbocycles. The number of sulfonamides is 1. The van der Waals surface area contributed by atoms with Gasteiger partial charge in [0.15, 0.2) is 0 Å². The number of amides is 2. The first kappa shape index (κ1) is 24.2. The van der Waals surface area contributed by atoms with Crippen LogP contribution in [-0.2, 0) is 16.6 Å². The maximum absolute atomic E-state index is 12.8. The fourth-order valence-corrected chi connectivity index (χ4v) is 6.58. The second kappa shape index (κ2) is 10.3. The van der Waals surface area contributed by atoms with Crippen LogP contribution in [0.4, 0.5) is 10.5 Å². The molecule has 5 rings (SSSR count). The third-order valence-electron chi connectivity index (χ3n) is 5.74. The lowest BCUT2D eigenvalue weighted by Gasteiger charge is -2.23. The summed E-state index contributed by atoms with van der Waals surface area (Å²) in [5, 5.41) is 11.5. The van der Waals surface area contributed by atoms with E-state index < -0.39 is 16.1 Å². The van der Waals surface area contributed by atoms with Gasteiger partial charge in [-0.2, -0.15) is 5.10 Å². The molecule has 1 aliphatic rings. The highest BCUT2D eigenvalue weighted by atomic mass is 32.2. The molecule has 3 heterocycles. The minimum Gasteiger partial charge on any atom is -0.333 e. The molecule has 0 saturated carbocycles. The van der Waals surface area contributed by atoms with Gasteiger partial charge in [0.25, 0.3) is 10.0 Å². The lowest BCUT2D eigenvalue weighted by atomic mass is 10.1. The van der Waals surface area contributed by atoms with Gasteiger partial charge in [0.05, 0.1) is 27.2 Å². The molecule has 1 atom stereocenters. The molecule has 0 saturated heterocycles. The molecule has 2 aromatic heterocycles. The zero-order valence-electron chi connectivity index (χ0n) is 19.4. The maximum atomic E-state index is 12.8. The summed E-state index contributed by atoms with van der Waals surface area (Å²) in [6.07, 6.45) is 0.768. The summed E-state index contributed by atoms with van der Waals surface area (Å²) in [5.41, 5.74) is 2.66. The van der Waals surface area contributed by atoms with Crippen molar-refractivity contribution in [3.8, 4) is 0 Å². The molecule has 7 nitrogen and oxygen atoms in total. The number of carbonyl (C=O) groups is 1. The molecular weight excluding hydrogens is 513 g/mol.